The van der Waals surface area contributed by atoms with Crippen molar-refractivity contribution in [2.24, 2.45) is 4.99 Å². The molecule has 5 aliphatic rings. The number of fused-ring (bicyclic) bond motifs is 5. The van der Waals surface area contributed by atoms with Gasteiger partial charge in [0.25, 0.3) is 0 Å². The zero-order chi connectivity index (χ0) is 34.4. The number of hydrogen-bond donors (Lipinski definition) is 3. The Morgan fingerprint density at radius 3 is 2.80 bits per heavy atom. The molecule has 4 unspecified atom stereocenters. The van der Waals surface area contributed by atoms with Crippen molar-refractivity contribution in [1.82, 2.24) is 0 Å². The van der Waals surface area contributed by atoms with Gasteiger partial charge in [-0.3, -0.25) is 14.6 Å². The van der Waals surface area contributed by atoms with E-state index in [0.29, 0.717) is 66.7 Å². The van der Waals surface area contributed by atoms with Crippen molar-refractivity contribution >= 4 is 29.7 Å². The Morgan fingerprint density at radius 2 is 2.04 bits per heavy atom. The zero-order valence-electron chi connectivity index (χ0n) is 27.8. The van der Waals surface area contributed by atoms with E-state index < -0.39 is 30.2 Å². The number of rotatable bonds is 9. The summed E-state index contributed by atoms with van der Waals surface area (Å²) in [4.78, 5) is 44.6. The summed E-state index contributed by atoms with van der Waals surface area (Å²) in [6, 6.07) is 5.83. The summed E-state index contributed by atoms with van der Waals surface area (Å²) >= 11 is 0. The molecule has 4 atom stereocenters. The largest absolute Gasteiger partial charge is 0.492 e. The van der Waals surface area contributed by atoms with Crippen LogP contribution in [-0.2, 0) is 25.7 Å². The fourth-order valence-corrected chi connectivity index (χ4v) is 8.15. The predicted octanol–water partition coefficient (Wildman–Crippen LogP) is 2.83. The Balaban J connectivity index is 1.49. The summed E-state index contributed by atoms with van der Waals surface area (Å²) in [6.45, 7) is 3.47. The Labute approximate surface area is 283 Å². The fourth-order valence-electron chi connectivity index (χ4n) is 8.15. The minimum atomic E-state index is -1.17. The van der Waals surface area contributed by atoms with Crippen LogP contribution < -0.4 is 24.8 Å². The molecule has 3 aliphatic heterocycles. The maximum Gasteiger partial charge on any atom is 0.375 e. The predicted molar refractivity (Wildman–Crippen MR) is 177 cm³/mol. The Morgan fingerprint density at radius 1 is 1.20 bits per heavy atom. The normalized spacial score (nSPS) is 26.7. The number of carbonyl (C=O) groups is 3. The minimum Gasteiger partial charge on any atom is -0.492 e. The van der Waals surface area contributed by atoms with Crippen LogP contribution in [0.4, 0.5) is 0 Å². The van der Waals surface area contributed by atoms with Crippen molar-refractivity contribution < 1.29 is 48.7 Å². The van der Waals surface area contributed by atoms with E-state index in [2.05, 4.69) is 4.99 Å². The topological polar surface area (TPSA) is 161 Å². The monoisotopic (exact) mass is 671 g/mol. The van der Waals surface area contributed by atoms with Crippen LogP contribution in [0.15, 0.2) is 40.1 Å². The van der Waals surface area contributed by atoms with Gasteiger partial charge in [0.1, 0.15) is 29.1 Å². The van der Waals surface area contributed by atoms with E-state index in [-0.39, 0.29) is 67.0 Å². The highest BCUT2D eigenvalue weighted by molar-refractivity contribution is 6.11. The number of benzene rings is 2. The van der Waals surface area contributed by atoms with Gasteiger partial charge in [0, 0.05) is 42.4 Å². The molecule has 49 heavy (non-hydrogen) atoms. The lowest BCUT2D eigenvalue weighted by molar-refractivity contribution is -0.141. The molecule has 2 aliphatic carbocycles. The summed E-state index contributed by atoms with van der Waals surface area (Å²) in [6.07, 6.45) is 5.01. The molecule has 11 nitrogen and oxygen atoms in total. The summed E-state index contributed by atoms with van der Waals surface area (Å²) in [5.41, 5.74) is 2.10. The van der Waals surface area contributed by atoms with Crippen LogP contribution in [0.2, 0.25) is 0 Å². The van der Waals surface area contributed by atoms with E-state index in [4.69, 9.17) is 18.9 Å². The molecule has 7 rings (SSSR count). The quantitative estimate of drug-likeness (QED) is 0.206. The molecule has 258 valence electrons. The van der Waals surface area contributed by atoms with Gasteiger partial charge in [-0.2, -0.15) is 0 Å². The number of carbonyl (C=O) groups excluding carboxylic acids is 3. The smallest absolute Gasteiger partial charge is 0.375 e. The summed E-state index contributed by atoms with van der Waals surface area (Å²) in [7, 11) is 0. The molecule has 0 spiro atoms. The maximum atomic E-state index is 13.5. The Hall–Kier alpha value is -4.32. The van der Waals surface area contributed by atoms with Gasteiger partial charge >= 0.3 is 5.97 Å². The zero-order valence-corrected chi connectivity index (χ0v) is 27.8. The molecule has 2 fully saturated rings. The highest BCUT2D eigenvalue weighted by Gasteiger charge is 2.52. The SMILES string of the molecule is CCOC(=O)C1=C(C=O)C(=C2CCC(=O)C(c3ccc4c(c3)=CCN=4)C2)c2c(c(CO)c3c(c2OCCCO)C2CCCC(C)(O)C2O3)O1. The average Bonchev–Trinajstić information content (AvgIpc) is 3.73. The molecule has 0 aromatic heterocycles. The molecule has 2 aromatic carbocycles. The number of esters is 1. The van der Waals surface area contributed by atoms with Gasteiger partial charge in [0.05, 0.1) is 54.0 Å². The Bertz CT molecular complexity index is 1920. The van der Waals surface area contributed by atoms with Gasteiger partial charge in [-0.1, -0.05) is 17.7 Å². The van der Waals surface area contributed by atoms with Gasteiger partial charge < -0.3 is 34.3 Å². The number of nitrogens with zero attached hydrogens (tertiary/aromatic N) is 1. The third kappa shape index (κ3) is 5.57. The number of aliphatic hydroxyl groups is 3. The highest BCUT2D eigenvalue weighted by Crippen LogP contribution is 2.61. The first-order valence-corrected chi connectivity index (χ1v) is 17.1. The average molecular weight is 672 g/mol. The molecular weight excluding hydrogens is 630 g/mol. The Kier molecular flexibility index (Phi) is 8.93. The van der Waals surface area contributed by atoms with Crippen LogP contribution in [0.3, 0.4) is 0 Å². The number of aliphatic hydroxyl groups excluding tert-OH is 2. The lowest BCUT2D eigenvalue weighted by atomic mass is 9.72. The maximum absolute atomic E-state index is 13.5. The number of ketones is 1. The number of aldehydes is 1. The molecule has 0 saturated heterocycles. The molecule has 2 saturated carbocycles. The first-order valence-electron chi connectivity index (χ1n) is 17.1. The van der Waals surface area contributed by atoms with Gasteiger partial charge in [-0.25, -0.2) is 4.79 Å². The lowest BCUT2D eigenvalue weighted by Gasteiger charge is -2.38. The van der Waals surface area contributed by atoms with E-state index in [9.17, 15) is 29.7 Å². The molecule has 0 bridgehead atoms. The van der Waals surface area contributed by atoms with Gasteiger partial charge in [0.2, 0.25) is 5.76 Å². The molecule has 0 radical (unpaired) electrons. The van der Waals surface area contributed by atoms with Crippen LogP contribution in [0.25, 0.3) is 11.6 Å². The second kappa shape index (κ2) is 13.2. The lowest BCUT2D eigenvalue weighted by Crippen LogP contribution is -2.47. The summed E-state index contributed by atoms with van der Waals surface area (Å²) in [5.74, 6) is -1.15. The van der Waals surface area contributed by atoms with Gasteiger partial charge in [-0.05, 0) is 68.9 Å². The molecule has 3 N–H and O–H groups in total. The molecule has 3 heterocycles. The highest BCUT2D eigenvalue weighted by atomic mass is 16.6. The van der Waals surface area contributed by atoms with E-state index in [0.717, 1.165) is 28.1 Å². The van der Waals surface area contributed by atoms with Crippen molar-refractivity contribution in [2.75, 3.05) is 26.4 Å². The second-order valence-electron chi connectivity index (χ2n) is 13.5. The number of Topliss-reactive ketones (excluding diaryl/α,β-unsaturated/α-hetero) is 1. The van der Waals surface area contributed by atoms with Crippen LogP contribution in [0, 0.1) is 0 Å². The van der Waals surface area contributed by atoms with Crippen molar-refractivity contribution in [2.45, 2.75) is 88.9 Å². The summed E-state index contributed by atoms with van der Waals surface area (Å²) < 4.78 is 24.6. The molecule has 2 aromatic rings. The van der Waals surface area contributed by atoms with E-state index in [1.165, 1.54) is 0 Å². The van der Waals surface area contributed by atoms with E-state index in [1.54, 1.807) is 13.8 Å². The van der Waals surface area contributed by atoms with Crippen LogP contribution >= 0.6 is 0 Å². The van der Waals surface area contributed by atoms with Crippen LogP contribution in [0.5, 0.6) is 17.2 Å². The summed E-state index contributed by atoms with van der Waals surface area (Å²) in [5, 5.41) is 33.9. The van der Waals surface area contributed by atoms with E-state index >= 15 is 0 Å². The first-order chi connectivity index (χ1) is 23.7. The van der Waals surface area contributed by atoms with Crippen molar-refractivity contribution in [3.63, 3.8) is 0 Å². The molecule has 11 heteroatoms. The standard InChI is InChI=1S/C38H41NO10/c1-3-46-37(44)34-25(18-41)29(22-8-10-28(43)24(17-22)20-7-9-27-21(16-20)11-13-39-27)31-33(48-34)26(19-42)32-30(35(31)47-15-5-14-40)23-6-4-12-38(2,45)36(23)49-32/h7,9,11,16,18,23-24,36,40,42,45H,3-6,8,10,12-15,17,19H2,1-2H3. The van der Waals surface area contributed by atoms with Crippen molar-refractivity contribution in [1.29, 1.82) is 0 Å². The van der Waals surface area contributed by atoms with Gasteiger partial charge in [0.15, 0.2) is 6.29 Å². The van der Waals surface area contributed by atoms with Crippen LogP contribution in [0.1, 0.15) is 92.9 Å². The third-order valence-corrected chi connectivity index (χ3v) is 10.4. The second-order valence-corrected chi connectivity index (χ2v) is 13.5. The van der Waals surface area contributed by atoms with Crippen molar-refractivity contribution in [3.8, 4) is 17.2 Å². The fraction of sp³-hybridized carbons (Fsp3) is 0.474. The third-order valence-electron chi connectivity index (χ3n) is 10.4. The number of hydrogen-bond acceptors (Lipinski definition) is 11. The van der Waals surface area contributed by atoms with Crippen LogP contribution in [-0.4, -0.2) is 71.4 Å². The number of ether oxygens (including phenoxy) is 4. The first kappa shape index (κ1) is 33.2. The van der Waals surface area contributed by atoms with Crippen molar-refractivity contribution in [3.05, 3.63) is 67.9 Å². The number of allylic oxidation sites excluding steroid dienone is 3. The minimum absolute atomic E-state index is 0.0305. The van der Waals surface area contributed by atoms with E-state index in [1.807, 2.05) is 24.3 Å². The molecule has 0 amide bonds. The van der Waals surface area contributed by atoms with Gasteiger partial charge in [-0.15, -0.1) is 0 Å². The molecular formula is C38H41NO10.